The Morgan fingerprint density at radius 1 is 1.38 bits per heavy atom. The molecule has 0 aliphatic heterocycles. The van der Waals surface area contributed by atoms with Gasteiger partial charge in [0.05, 0.1) is 6.67 Å². The Bertz CT molecular complexity index is 54.7. The molecule has 8 heteroatoms. The minimum Gasteiger partial charge on any atom is -0.360 e. The topological polar surface area (TPSA) is 98.0 Å². The van der Waals surface area contributed by atoms with Gasteiger partial charge in [-0.25, -0.2) is 0 Å². The molecule has 0 spiro atoms. The molecule has 0 rings (SSSR count). The van der Waals surface area contributed by atoms with Gasteiger partial charge >= 0.3 is 24.4 Å². The minimum absolute atomic E-state index is 0.451. The third-order valence-corrected chi connectivity index (χ3v) is 0. The van der Waals surface area contributed by atoms with E-state index in [2.05, 4.69) is 0 Å². The highest BCUT2D eigenvalue weighted by molar-refractivity contribution is 7.66. The van der Waals surface area contributed by atoms with E-state index in [1.807, 2.05) is 0 Å². The Labute approximate surface area is 55.9 Å². The summed E-state index contributed by atoms with van der Waals surface area (Å²) in [7, 11) is -2.62. The number of hydrogen-bond donors (Lipinski definition) is 4. The maximum absolute atomic E-state index is 9.25. The van der Waals surface area contributed by atoms with Crippen molar-refractivity contribution in [2.45, 2.75) is 0 Å². The minimum atomic E-state index is -2.62. The van der Waals surface area contributed by atoms with Crippen molar-refractivity contribution in [1.82, 2.24) is 0 Å². The number of rotatable bonds is 0. The summed E-state index contributed by atoms with van der Waals surface area (Å²) in [4.78, 5) is 29.4. The molecule has 1 atom stereocenters. The van der Waals surface area contributed by atoms with Gasteiger partial charge < -0.3 is 24.1 Å². The summed E-state index contributed by atoms with van der Waals surface area (Å²) in [5, 5.41) is 0. The maximum atomic E-state index is 9.25. The van der Waals surface area contributed by atoms with Gasteiger partial charge in [-0.1, -0.05) is 0 Å². The maximum Gasteiger partial charge on any atom is 0.353 e. The average Bonchev–Trinajstić information content (AvgIpc) is 1.25. The standard InChI is InChI=1S/Al.H3O3P.HO2P.2H/c;1-4(2)3;1-3-2;;/h;1-3H;3H;;/q-1;;;;/p+1. The monoisotopic (exact) mass is 176 g/mol. The molecule has 0 aromatic carbocycles. The zero-order valence-electron chi connectivity index (χ0n) is 4.14. The van der Waals surface area contributed by atoms with Crippen molar-refractivity contribution >= 4 is 31.1 Å². The van der Waals surface area contributed by atoms with Gasteiger partial charge in [-0.15, -0.1) is 0 Å². The van der Waals surface area contributed by atoms with Crippen LogP contribution in [0, 0.1) is 0 Å². The van der Waals surface area contributed by atoms with E-state index in [0.29, 0.717) is 15.8 Å². The van der Waals surface area contributed by atoms with Crippen LogP contribution in [0.25, 0.3) is 0 Å². The van der Waals surface area contributed by atoms with Gasteiger partial charge in [-0.05, 0) is 0 Å². The molecule has 0 aromatic rings. The van der Waals surface area contributed by atoms with Crippen molar-refractivity contribution in [3.8, 4) is 0 Å². The van der Waals surface area contributed by atoms with Gasteiger partial charge in [-0.2, -0.15) is 0 Å². The van der Waals surface area contributed by atoms with Crippen molar-refractivity contribution < 1.29 is 24.1 Å². The first-order chi connectivity index (χ1) is 3.46. The van der Waals surface area contributed by atoms with E-state index in [1.54, 1.807) is 0 Å². The molecule has 8 heavy (non-hydrogen) atoms. The van der Waals surface area contributed by atoms with Gasteiger partial charge in [0.25, 0.3) is 0 Å². The lowest BCUT2D eigenvalue weighted by Crippen LogP contribution is -1.54. The second kappa shape index (κ2) is 8.03. The molecule has 0 saturated heterocycles. The largest absolute Gasteiger partial charge is 0.360 e. The van der Waals surface area contributed by atoms with Crippen molar-refractivity contribution in [2.24, 2.45) is 0 Å². The van der Waals surface area contributed by atoms with Crippen LogP contribution in [0.4, 0.5) is 0 Å². The van der Waals surface area contributed by atoms with E-state index in [-0.39, 0.29) is 0 Å². The lowest BCUT2D eigenvalue weighted by atomic mass is 15.8. The smallest absolute Gasteiger partial charge is 0.353 e. The third-order valence-electron chi connectivity index (χ3n) is 0. The zero-order chi connectivity index (χ0) is 7.15. The molecule has 0 aliphatic rings. The van der Waals surface area contributed by atoms with Crippen LogP contribution in [0.1, 0.15) is 0 Å². The molecule has 0 aliphatic carbocycles. The number of hydrogen-bond acceptors (Lipinski definition) is 4. The Morgan fingerprint density at radius 3 is 1.38 bits per heavy atom. The van der Waals surface area contributed by atoms with Crippen molar-refractivity contribution in [1.29, 1.82) is 0 Å². The van der Waals surface area contributed by atoms with Crippen molar-refractivity contribution in [3.63, 3.8) is 0 Å². The van der Waals surface area contributed by atoms with Gasteiger partial charge in [0.15, 0.2) is 0 Å². The molecule has 0 amide bonds. The third kappa shape index (κ3) is 240. The normalized spacial score (nSPS) is 12.1. The molecule has 50 valence electrons. The summed E-state index contributed by atoms with van der Waals surface area (Å²) >= 11 is 0.451. The molecule has 0 aromatic heterocycles. The van der Waals surface area contributed by atoms with Crippen molar-refractivity contribution in [3.05, 3.63) is 0 Å². The molecule has 0 fully saturated rings. The summed E-state index contributed by atoms with van der Waals surface area (Å²) < 4.78 is 9.25. The molecule has 0 radical (unpaired) electrons. The van der Waals surface area contributed by atoms with E-state index in [1.165, 1.54) is 0 Å². The quantitative estimate of drug-likeness (QED) is 0.257. The second-order valence-electron chi connectivity index (χ2n) is 0.787. The lowest BCUT2D eigenvalue weighted by Gasteiger charge is -1.76. The molecule has 0 bridgehead atoms. The van der Waals surface area contributed by atoms with Crippen LogP contribution in [0.2, 0.25) is 0 Å². The first kappa shape index (κ1) is 11.8. The van der Waals surface area contributed by atoms with Crippen LogP contribution >= 0.6 is 15.3 Å². The average molecular weight is 176 g/mol. The zero-order valence-corrected chi connectivity index (χ0v) is 8.04. The summed E-state index contributed by atoms with van der Waals surface area (Å²) in [6.07, 6.45) is 0. The summed E-state index contributed by atoms with van der Waals surface area (Å²) in [5.74, 6) is 0. The fourth-order valence-corrected chi connectivity index (χ4v) is 0. The van der Waals surface area contributed by atoms with Crippen LogP contribution in [0.15, 0.2) is 0 Å². The summed E-state index contributed by atoms with van der Waals surface area (Å²) in [6, 6.07) is 0. The Balaban J connectivity index is 0. The first-order valence-electron chi connectivity index (χ1n) is 1.53. The predicted molar refractivity (Wildman–Crippen MR) is 33.3 cm³/mol. The van der Waals surface area contributed by atoms with Crippen LogP contribution < -0.4 is 0 Å². The molecular weight excluding hydrogens is 169 g/mol. The predicted octanol–water partition coefficient (Wildman–Crippen LogP) is -1.81. The molecule has 5 nitrogen and oxygen atoms in total. The Hall–Kier alpha value is 1.03. The Kier molecular flexibility index (Phi) is 11.8. The van der Waals surface area contributed by atoms with Gasteiger partial charge in [-0.3, -0.25) is 0 Å². The molecule has 4 N–H and O–H groups in total. The first-order valence-corrected chi connectivity index (χ1v) is 7.58. The highest BCUT2D eigenvalue weighted by Gasteiger charge is 1.76. The molecule has 0 heterocycles. The van der Waals surface area contributed by atoms with Gasteiger partial charge in [0, 0.05) is 0 Å². The van der Waals surface area contributed by atoms with E-state index < -0.39 is 15.3 Å². The SMILES string of the molecule is O=[PH](O)[AlH2].OP(O)O. The highest BCUT2D eigenvalue weighted by atomic mass is 31.3. The van der Waals surface area contributed by atoms with Gasteiger partial charge in [0.1, 0.15) is 0 Å². The molecular formula is H7AlO5P2. The van der Waals surface area contributed by atoms with Crippen molar-refractivity contribution in [2.75, 3.05) is 0 Å². The fraction of sp³-hybridized carbons (Fsp3) is 0. The van der Waals surface area contributed by atoms with Crippen LogP contribution in [-0.4, -0.2) is 35.4 Å². The van der Waals surface area contributed by atoms with Crippen LogP contribution in [-0.2, 0) is 4.57 Å². The highest BCUT2D eigenvalue weighted by Crippen LogP contribution is 2.11. The van der Waals surface area contributed by atoms with E-state index in [9.17, 15) is 4.57 Å². The summed E-state index contributed by atoms with van der Waals surface area (Å²) in [6.45, 7) is -1.99. The van der Waals surface area contributed by atoms with Gasteiger partial charge in [0.2, 0.25) is 0 Å². The van der Waals surface area contributed by atoms with E-state index in [0.717, 1.165) is 0 Å². The van der Waals surface area contributed by atoms with Crippen LogP contribution in [0.5, 0.6) is 0 Å². The molecule has 1 unspecified atom stereocenters. The Morgan fingerprint density at radius 2 is 1.38 bits per heavy atom. The lowest BCUT2D eigenvalue weighted by molar-refractivity contribution is 0.368. The molecule has 0 saturated carbocycles. The fourth-order valence-electron chi connectivity index (χ4n) is 0. The summed E-state index contributed by atoms with van der Waals surface area (Å²) in [5.41, 5.74) is 0. The second-order valence-corrected chi connectivity index (χ2v) is 4.93. The van der Waals surface area contributed by atoms with E-state index >= 15 is 0 Å². The van der Waals surface area contributed by atoms with Crippen LogP contribution in [0.3, 0.4) is 0 Å². The van der Waals surface area contributed by atoms with E-state index in [4.69, 9.17) is 19.6 Å².